The van der Waals surface area contributed by atoms with E-state index in [0.29, 0.717) is 0 Å². The molecular weight excluding hydrogens is 320 g/mol. The molecule has 6 nitrogen and oxygen atoms in total. The van der Waals surface area contributed by atoms with Crippen LogP contribution < -0.4 is 15.3 Å². The third kappa shape index (κ3) is 38400000. The summed E-state index contributed by atoms with van der Waals surface area (Å²) in [5.41, 5.74) is 0. The monoisotopic (exact) mass is 330 g/mol. The minimum Gasteiger partial charge on any atom is -0.550 e. The van der Waals surface area contributed by atoms with Crippen molar-refractivity contribution >= 4 is 17.9 Å². The van der Waals surface area contributed by atoms with Crippen LogP contribution in [0, 0.1) is 49.4 Å². The van der Waals surface area contributed by atoms with Crippen LogP contribution >= 0.6 is 0 Å². The molecule has 0 fully saturated rings. The average molecular weight is 329 g/mol. The van der Waals surface area contributed by atoms with Gasteiger partial charge in [0.25, 0.3) is 0 Å². The van der Waals surface area contributed by atoms with Gasteiger partial charge in [-0.25, -0.2) is 0 Å². The summed E-state index contributed by atoms with van der Waals surface area (Å²) in [5.74, 6) is -3.25. The molecular formula is C6H9EuO6. The van der Waals surface area contributed by atoms with E-state index in [1.807, 2.05) is 0 Å². The standard InChI is InChI=1S/3C2H4O2.Eu/c3*1-2(3)4;/h3*1H3,(H,3,4);/q;;;+3/p-3. The molecule has 0 aromatic rings. The minimum atomic E-state index is -1.08. The summed E-state index contributed by atoms with van der Waals surface area (Å²) in [7, 11) is 0. The number of hydrogen-bond donors (Lipinski definition) is 0. The van der Waals surface area contributed by atoms with Crippen molar-refractivity contribution in [3.8, 4) is 0 Å². The maximum Gasteiger partial charge on any atom is 3.00 e. The third-order valence-electron chi connectivity index (χ3n) is 0. The summed E-state index contributed by atoms with van der Waals surface area (Å²) in [6, 6.07) is 0. The second kappa shape index (κ2) is 17.9. The minimum absolute atomic E-state index is 0. The molecule has 76 valence electrons. The Labute approximate surface area is 116 Å². The first-order valence-corrected chi connectivity index (χ1v) is 2.72. The van der Waals surface area contributed by atoms with E-state index >= 15 is 0 Å². The third-order valence-corrected chi connectivity index (χ3v) is 0. The average Bonchev–Trinajstić information content (AvgIpc) is 1.54. The molecule has 0 radical (unpaired) electrons. The molecule has 0 N–H and O–H groups in total. The smallest absolute Gasteiger partial charge is 0.550 e. The molecule has 0 aliphatic rings. The Morgan fingerprint density at radius 3 is 0.692 bits per heavy atom. The van der Waals surface area contributed by atoms with Gasteiger partial charge in [-0.2, -0.15) is 0 Å². The number of hydrogen-bond acceptors (Lipinski definition) is 6. The Morgan fingerprint density at radius 1 is 0.692 bits per heavy atom. The van der Waals surface area contributed by atoms with E-state index in [4.69, 9.17) is 29.7 Å². The van der Waals surface area contributed by atoms with Crippen molar-refractivity contribution in [3.63, 3.8) is 0 Å². The zero-order valence-electron chi connectivity index (χ0n) is 7.33. The molecule has 0 rings (SSSR count). The first-order valence-electron chi connectivity index (χ1n) is 2.72. The Balaban J connectivity index is -0.0000000450. The van der Waals surface area contributed by atoms with Crippen LogP contribution in [0.3, 0.4) is 0 Å². The molecule has 0 saturated carbocycles. The molecule has 0 heterocycles. The van der Waals surface area contributed by atoms with Gasteiger partial charge in [-0.1, -0.05) is 0 Å². The predicted octanol–water partition coefficient (Wildman–Crippen LogP) is -3.73. The van der Waals surface area contributed by atoms with Crippen LogP contribution in [0.25, 0.3) is 0 Å². The van der Waals surface area contributed by atoms with Crippen LogP contribution in [0.1, 0.15) is 20.8 Å². The second-order valence-electron chi connectivity index (χ2n) is 1.47. The van der Waals surface area contributed by atoms with E-state index in [-0.39, 0.29) is 49.4 Å². The summed E-state index contributed by atoms with van der Waals surface area (Å²) >= 11 is 0. The van der Waals surface area contributed by atoms with Gasteiger partial charge < -0.3 is 29.7 Å². The summed E-state index contributed by atoms with van der Waals surface area (Å²) in [4.78, 5) is 26.7. The SMILES string of the molecule is CC(=O)[O-].CC(=O)[O-].CC(=O)[O-].[Eu+3]. The molecule has 0 aliphatic carbocycles. The van der Waals surface area contributed by atoms with Crippen molar-refractivity contribution in [2.45, 2.75) is 20.8 Å². The van der Waals surface area contributed by atoms with E-state index in [1.54, 1.807) is 0 Å². The first kappa shape index (κ1) is 23.1. The number of carbonyl (C=O) groups is 3. The van der Waals surface area contributed by atoms with E-state index in [0.717, 1.165) is 20.8 Å². The largest absolute Gasteiger partial charge is 3.00 e. The first-order chi connectivity index (χ1) is 5.20. The Kier molecular flexibility index (Phi) is 31.9. The topological polar surface area (TPSA) is 120 Å². The maximum absolute atomic E-state index is 8.89. The number of carbonyl (C=O) groups excluding carboxylic acids is 3. The van der Waals surface area contributed by atoms with Crippen LogP contribution in [0.4, 0.5) is 0 Å². The van der Waals surface area contributed by atoms with Gasteiger partial charge in [0.05, 0.1) is 0 Å². The van der Waals surface area contributed by atoms with Crippen LogP contribution in [-0.4, -0.2) is 17.9 Å². The molecule has 0 aromatic heterocycles. The van der Waals surface area contributed by atoms with E-state index < -0.39 is 17.9 Å². The van der Waals surface area contributed by atoms with Crippen molar-refractivity contribution in [1.29, 1.82) is 0 Å². The molecule has 0 unspecified atom stereocenters. The molecule has 0 aromatic carbocycles. The normalized spacial score (nSPS) is 5.77. The summed E-state index contributed by atoms with van der Waals surface area (Å²) in [6.07, 6.45) is 0. The van der Waals surface area contributed by atoms with Gasteiger partial charge in [0, 0.05) is 17.9 Å². The summed E-state index contributed by atoms with van der Waals surface area (Å²) < 4.78 is 0. The molecule has 7 heteroatoms. The van der Waals surface area contributed by atoms with Gasteiger partial charge in [-0.05, 0) is 20.8 Å². The Morgan fingerprint density at radius 2 is 0.692 bits per heavy atom. The summed E-state index contributed by atoms with van der Waals surface area (Å²) in [5, 5.41) is 26.7. The Bertz CT molecular complexity index is 115. The van der Waals surface area contributed by atoms with Crippen molar-refractivity contribution in [3.05, 3.63) is 0 Å². The molecule has 0 spiro atoms. The fourth-order valence-corrected chi connectivity index (χ4v) is 0. The van der Waals surface area contributed by atoms with E-state index in [2.05, 4.69) is 0 Å². The van der Waals surface area contributed by atoms with E-state index in [9.17, 15) is 0 Å². The maximum atomic E-state index is 8.89. The molecule has 0 bridgehead atoms. The van der Waals surface area contributed by atoms with Gasteiger partial charge in [-0.15, -0.1) is 0 Å². The van der Waals surface area contributed by atoms with Crippen LogP contribution in [0.2, 0.25) is 0 Å². The van der Waals surface area contributed by atoms with Crippen LogP contribution in [0.5, 0.6) is 0 Å². The molecule has 0 atom stereocenters. The van der Waals surface area contributed by atoms with E-state index in [1.165, 1.54) is 0 Å². The molecule has 0 saturated heterocycles. The van der Waals surface area contributed by atoms with Gasteiger partial charge in [0.1, 0.15) is 0 Å². The summed E-state index contributed by atoms with van der Waals surface area (Å²) in [6.45, 7) is 2.92. The Hall–Kier alpha value is -0.00558. The van der Waals surface area contributed by atoms with Crippen LogP contribution in [0.15, 0.2) is 0 Å². The van der Waals surface area contributed by atoms with Crippen molar-refractivity contribution < 1.29 is 79.1 Å². The fourth-order valence-electron chi connectivity index (χ4n) is 0. The number of carboxylic acids is 3. The van der Waals surface area contributed by atoms with Gasteiger partial charge in [-0.3, -0.25) is 0 Å². The van der Waals surface area contributed by atoms with Gasteiger partial charge in [0.15, 0.2) is 0 Å². The predicted molar refractivity (Wildman–Crippen MR) is 32.0 cm³/mol. The molecule has 0 amide bonds. The van der Waals surface area contributed by atoms with Crippen LogP contribution in [-0.2, 0) is 14.4 Å². The van der Waals surface area contributed by atoms with Crippen molar-refractivity contribution in [2.75, 3.05) is 0 Å². The number of carboxylic acid groups (broad SMARTS) is 3. The zero-order valence-corrected chi connectivity index (χ0v) is 9.75. The zero-order chi connectivity index (χ0) is 10.7. The number of rotatable bonds is 0. The fraction of sp³-hybridized carbons (Fsp3) is 0.500. The molecule has 13 heavy (non-hydrogen) atoms. The van der Waals surface area contributed by atoms with Crippen molar-refractivity contribution in [2.24, 2.45) is 0 Å². The molecule has 0 aliphatic heterocycles. The quantitative estimate of drug-likeness (QED) is 0.450. The van der Waals surface area contributed by atoms with Gasteiger partial charge in [0.2, 0.25) is 0 Å². The van der Waals surface area contributed by atoms with Crippen molar-refractivity contribution in [1.82, 2.24) is 0 Å². The second-order valence-corrected chi connectivity index (χ2v) is 1.47. The van der Waals surface area contributed by atoms with Gasteiger partial charge >= 0.3 is 49.4 Å². The number of aliphatic carboxylic acids is 3.